The molecule has 0 aliphatic rings. The summed E-state index contributed by atoms with van der Waals surface area (Å²) in [7, 11) is 0. The third-order valence-corrected chi connectivity index (χ3v) is 3.76. The van der Waals surface area contributed by atoms with Crippen molar-refractivity contribution < 1.29 is 0 Å². The van der Waals surface area contributed by atoms with Gasteiger partial charge in [-0.05, 0) is 53.1 Å². The number of aryl methyl sites for hydroxylation is 2. The number of benzene rings is 2. The summed E-state index contributed by atoms with van der Waals surface area (Å²) >= 11 is 0. The quantitative estimate of drug-likeness (QED) is 0.531. The minimum atomic E-state index is 0.578. The second kappa shape index (κ2) is 9.66. The fraction of sp³-hybridized carbons (Fsp3) is 0.545. The van der Waals surface area contributed by atoms with E-state index in [9.17, 15) is 0 Å². The minimum Gasteiger partial charge on any atom is -0.0683 e. The van der Waals surface area contributed by atoms with Crippen LogP contribution in [-0.4, -0.2) is 0 Å². The standard InChI is InChI=1S/C18H24.2C2H6/c1-11(2)15-9-14(6)17-8-13(5)7-16(12(3)4)18(17)10-15;2*1-2/h7-12H,1-6H3;2*1-2H3. The van der Waals surface area contributed by atoms with Gasteiger partial charge in [0.05, 0.1) is 0 Å². The molecule has 0 heterocycles. The molecule has 0 bridgehead atoms. The Hall–Kier alpha value is -1.30. The molecule has 2 aromatic rings. The average molecular weight is 301 g/mol. The zero-order chi connectivity index (χ0) is 17.4. The van der Waals surface area contributed by atoms with E-state index >= 15 is 0 Å². The normalized spacial score (nSPS) is 10.2. The van der Waals surface area contributed by atoms with Gasteiger partial charge in [0, 0.05) is 0 Å². The van der Waals surface area contributed by atoms with Crippen molar-refractivity contribution in [2.24, 2.45) is 0 Å². The first-order valence-corrected chi connectivity index (χ1v) is 8.95. The van der Waals surface area contributed by atoms with Gasteiger partial charge in [0.1, 0.15) is 0 Å². The van der Waals surface area contributed by atoms with Gasteiger partial charge in [-0.2, -0.15) is 0 Å². The summed E-state index contributed by atoms with van der Waals surface area (Å²) in [6, 6.07) is 9.40. The fourth-order valence-corrected chi connectivity index (χ4v) is 2.66. The summed E-state index contributed by atoms with van der Waals surface area (Å²) in [6.07, 6.45) is 0. The lowest BCUT2D eigenvalue weighted by Gasteiger charge is -2.16. The Kier molecular flexibility index (Phi) is 9.09. The lowest BCUT2D eigenvalue weighted by atomic mass is 9.89. The van der Waals surface area contributed by atoms with E-state index in [0.29, 0.717) is 11.8 Å². The first-order chi connectivity index (χ1) is 10.4. The van der Waals surface area contributed by atoms with E-state index in [-0.39, 0.29) is 0 Å². The Balaban J connectivity index is 0.00000102. The molecule has 2 aromatic carbocycles. The maximum Gasteiger partial charge on any atom is -0.0144 e. The first kappa shape index (κ1) is 20.7. The zero-order valence-electron chi connectivity index (χ0n) is 16.5. The summed E-state index contributed by atoms with van der Waals surface area (Å²) in [5, 5.41) is 2.86. The van der Waals surface area contributed by atoms with Crippen LogP contribution in [0.4, 0.5) is 0 Å². The molecule has 0 aliphatic heterocycles. The molecule has 22 heavy (non-hydrogen) atoms. The molecule has 0 amide bonds. The fourth-order valence-electron chi connectivity index (χ4n) is 2.66. The van der Waals surface area contributed by atoms with Gasteiger partial charge in [-0.15, -0.1) is 0 Å². The van der Waals surface area contributed by atoms with Crippen LogP contribution in [0, 0.1) is 13.8 Å². The molecule has 2 rings (SSSR count). The molecule has 0 unspecified atom stereocenters. The van der Waals surface area contributed by atoms with Crippen molar-refractivity contribution in [3.63, 3.8) is 0 Å². The average Bonchev–Trinajstić information content (AvgIpc) is 2.51. The van der Waals surface area contributed by atoms with Crippen LogP contribution in [0.15, 0.2) is 24.3 Å². The summed E-state index contributed by atoms with van der Waals surface area (Å²) in [6.45, 7) is 21.5. The van der Waals surface area contributed by atoms with Gasteiger partial charge in [0.25, 0.3) is 0 Å². The van der Waals surface area contributed by atoms with E-state index in [1.54, 1.807) is 0 Å². The van der Waals surface area contributed by atoms with Gasteiger partial charge in [-0.1, -0.05) is 85.2 Å². The van der Waals surface area contributed by atoms with Crippen molar-refractivity contribution in [2.45, 2.75) is 81.1 Å². The highest BCUT2D eigenvalue weighted by molar-refractivity contribution is 5.90. The van der Waals surface area contributed by atoms with Gasteiger partial charge in [0.2, 0.25) is 0 Å². The van der Waals surface area contributed by atoms with E-state index in [1.807, 2.05) is 27.7 Å². The van der Waals surface area contributed by atoms with Gasteiger partial charge in [-0.25, -0.2) is 0 Å². The highest BCUT2D eigenvalue weighted by Crippen LogP contribution is 2.32. The van der Waals surface area contributed by atoms with Crippen LogP contribution >= 0.6 is 0 Å². The molecular weight excluding hydrogens is 264 g/mol. The third kappa shape index (κ3) is 4.87. The first-order valence-electron chi connectivity index (χ1n) is 8.95. The van der Waals surface area contributed by atoms with Crippen LogP contribution in [0.2, 0.25) is 0 Å². The minimum absolute atomic E-state index is 0.578. The Morgan fingerprint density at radius 3 is 1.64 bits per heavy atom. The molecule has 0 aromatic heterocycles. The number of hydrogen-bond acceptors (Lipinski definition) is 0. The van der Waals surface area contributed by atoms with E-state index in [2.05, 4.69) is 65.8 Å². The Labute approximate surface area is 139 Å². The molecule has 0 saturated heterocycles. The molecule has 0 aliphatic carbocycles. The van der Waals surface area contributed by atoms with Crippen molar-refractivity contribution in [3.8, 4) is 0 Å². The second-order valence-electron chi connectivity index (χ2n) is 6.10. The van der Waals surface area contributed by atoms with Crippen molar-refractivity contribution >= 4 is 10.8 Å². The predicted molar refractivity (Wildman–Crippen MR) is 104 cm³/mol. The van der Waals surface area contributed by atoms with Crippen LogP contribution in [-0.2, 0) is 0 Å². The maximum atomic E-state index is 2.39. The molecule has 0 spiro atoms. The number of rotatable bonds is 2. The second-order valence-corrected chi connectivity index (χ2v) is 6.10. The van der Waals surface area contributed by atoms with Gasteiger partial charge < -0.3 is 0 Å². The monoisotopic (exact) mass is 300 g/mol. The highest BCUT2D eigenvalue weighted by atomic mass is 14.2. The Morgan fingerprint density at radius 1 is 0.636 bits per heavy atom. The summed E-state index contributed by atoms with van der Waals surface area (Å²) in [5.41, 5.74) is 5.70. The topological polar surface area (TPSA) is 0 Å². The molecule has 0 atom stereocenters. The molecule has 0 nitrogen and oxygen atoms in total. The molecular formula is C22H36. The smallest absolute Gasteiger partial charge is 0.0144 e. The SMILES string of the molecule is CC.CC.Cc1cc(C(C)C)c2cc(C(C)C)cc(C)c2c1. The van der Waals surface area contributed by atoms with Crippen molar-refractivity contribution in [1.29, 1.82) is 0 Å². The highest BCUT2D eigenvalue weighted by Gasteiger charge is 2.10. The van der Waals surface area contributed by atoms with E-state index in [0.717, 1.165) is 0 Å². The Morgan fingerprint density at radius 2 is 1.18 bits per heavy atom. The third-order valence-electron chi connectivity index (χ3n) is 3.76. The Bertz CT molecular complexity index is 574. The molecule has 0 N–H and O–H groups in total. The van der Waals surface area contributed by atoms with E-state index < -0.39 is 0 Å². The van der Waals surface area contributed by atoms with Gasteiger partial charge in [-0.3, -0.25) is 0 Å². The summed E-state index contributed by atoms with van der Waals surface area (Å²) in [4.78, 5) is 0. The number of hydrogen-bond donors (Lipinski definition) is 0. The molecule has 0 saturated carbocycles. The summed E-state index contributed by atoms with van der Waals surface area (Å²) in [5.74, 6) is 1.17. The molecule has 0 heteroatoms. The van der Waals surface area contributed by atoms with Crippen molar-refractivity contribution in [2.75, 3.05) is 0 Å². The van der Waals surface area contributed by atoms with Crippen LogP contribution in [0.5, 0.6) is 0 Å². The van der Waals surface area contributed by atoms with Crippen LogP contribution in [0.3, 0.4) is 0 Å². The van der Waals surface area contributed by atoms with Gasteiger partial charge >= 0.3 is 0 Å². The maximum absolute atomic E-state index is 2.39. The van der Waals surface area contributed by atoms with Crippen LogP contribution in [0.1, 0.15) is 89.5 Å². The molecule has 124 valence electrons. The lowest BCUT2D eigenvalue weighted by Crippen LogP contribution is -1.96. The number of fused-ring (bicyclic) bond motifs is 1. The van der Waals surface area contributed by atoms with Crippen molar-refractivity contribution in [1.82, 2.24) is 0 Å². The molecule has 0 radical (unpaired) electrons. The zero-order valence-corrected chi connectivity index (χ0v) is 16.5. The van der Waals surface area contributed by atoms with E-state index in [4.69, 9.17) is 0 Å². The predicted octanol–water partition coefficient (Wildman–Crippen LogP) is 7.76. The van der Waals surface area contributed by atoms with Crippen molar-refractivity contribution in [3.05, 3.63) is 46.5 Å². The lowest BCUT2D eigenvalue weighted by molar-refractivity contribution is 0.860. The summed E-state index contributed by atoms with van der Waals surface area (Å²) < 4.78 is 0. The van der Waals surface area contributed by atoms with Crippen LogP contribution < -0.4 is 0 Å². The largest absolute Gasteiger partial charge is 0.0683 e. The van der Waals surface area contributed by atoms with Crippen LogP contribution in [0.25, 0.3) is 10.8 Å². The van der Waals surface area contributed by atoms with E-state index in [1.165, 1.54) is 33.0 Å². The molecule has 0 fully saturated rings. The van der Waals surface area contributed by atoms with Gasteiger partial charge in [0.15, 0.2) is 0 Å².